The molecular formula is C8H17NO. The minimum atomic E-state index is -0.0191. The third kappa shape index (κ3) is 1.32. The molecule has 1 heterocycles. The molecule has 0 saturated carbocycles. The number of hydrogen-bond acceptors (Lipinski definition) is 2. The maximum absolute atomic E-state index is 5.89. The van der Waals surface area contributed by atoms with Crippen LogP contribution < -0.4 is 5.73 Å². The lowest BCUT2D eigenvalue weighted by molar-refractivity contribution is -0.00186. The van der Waals surface area contributed by atoms with Gasteiger partial charge in [-0.05, 0) is 26.2 Å². The molecule has 0 bridgehead atoms. The Bertz CT molecular complexity index is 108. The van der Waals surface area contributed by atoms with Crippen molar-refractivity contribution >= 4 is 0 Å². The van der Waals surface area contributed by atoms with E-state index in [0.717, 1.165) is 19.4 Å². The van der Waals surface area contributed by atoms with Gasteiger partial charge in [-0.15, -0.1) is 0 Å². The lowest BCUT2D eigenvalue weighted by Gasteiger charge is -2.29. The van der Waals surface area contributed by atoms with Crippen LogP contribution in [0.5, 0.6) is 0 Å². The summed E-state index contributed by atoms with van der Waals surface area (Å²) in [6.45, 7) is 5.12. The van der Waals surface area contributed by atoms with Crippen LogP contribution in [0.1, 0.15) is 33.1 Å². The summed E-state index contributed by atoms with van der Waals surface area (Å²) in [5.41, 5.74) is 5.87. The summed E-state index contributed by atoms with van der Waals surface area (Å²) >= 11 is 0. The van der Waals surface area contributed by atoms with E-state index in [1.165, 1.54) is 6.42 Å². The fourth-order valence-electron chi connectivity index (χ4n) is 1.52. The van der Waals surface area contributed by atoms with E-state index < -0.39 is 0 Å². The van der Waals surface area contributed by atoms with Crippen molar-refractivity contribution in [2.75, 3.05) is 6.61 Å². The Labute approximate surface area is 62.7 Å². The summed E-state index contributed by atoms with van der Waals surface area (Å²) in [4.78, 5) is 0. The molecule has 0 aromatic carbocycles. The summed E-state index contributed by atoms with van der Waals surface area (Å²) in [5.74, 6) is 0. The van der Waals surface area contributed by atoms with Crippen molar-refractivity contribution in [1.82, 2.24) is 0 Å². The van der Waals surface area contributed by atoms with Gasteiger partial charge in [0.15, 0.2) is 0 Å². The van der Waals surface area contributed by atoms with Crippen LogP contribution >= 0.6 is 0 Å². The van der Waals surface area contributed by atoms with Crippen LogP contribution in [-0.2, 0) is 4.74 Å². The quantitative estimate of drug-likeness (QED) is 0.632. The molecule has 1 saturated heterocycles. The molecule has 1 fully saturated rings. The van der Waals surface area contributed by atoms with E-state index in [9.17, 15) is 0 Å². The Kier molecular flexibility index (Phi) is 2.32. The second kappa shape index (κ2) is 2.89. The van der Waals surface area contributed by atoms with Crippen molar-refractivity contribution < 1.29 is 4.74 Å². The molecule has 0 amide bonds. The molecule has 10 heavy (non-hydrogen) atoms. The Morgan fingerprint density at radius 1 is 1.70 bits per heavy atom. The van der Waals surface area contributed by atoms with Gasteiger partial charge in [-0.1, -0.05) is 6.92 Å². The zero-order valence-corrected chi connectivity index (χ0v) is 6.89. The lowest BCUT2D eigenvalue weighted by atomic mass is 9.92. The first-order valence-electron chi connectivity index (χ1n) is 4.08. The van der Waals surface area contributed by atoms with Gasteiger partial charge in [0.25, 0.3) is 0 Å². The van der Waals surface area contributed by atoms with E-state index >= 15 is 0 Å². The zero-order chi connectivity index (χ0) is 7.61. The first-order valence-corrected chi connectivity index (χ1v) is 4.08. The van der Waals surface area contributed by atoms with Gasteiger partial charge in [0.05, 0.1) is 5.60 Å². The summed E-state index contributed by atoms with van der Waals surface area (Å²) in [6, 6.07) is 0.218. The molecule has 2 atom stereocenters. The maximum atomic E-state index is 5.89. The molecule has 1 aliphatic heterocycles. The Morgan fingerprint density at radius 3 is 2.80 bits per heavy atom. The van der Waals surface area contributed by atoms with E-state index in [0.29, 0.717) is 0 Å². The van der Waals surface area contributed by atoms with Gasteiger partial charge in [-0.3, -0.25) is 0 Å². The Morgan fingerprint density at radius 2 is 2.40 bits per heavy atom. The molecule has 0 radical (unpaired) electrons. The second-order valence-electron chi connectivity index (χ2n) is 3.28. The number of rotatable bonds is 2. The van der Waals surface area contributed by atoms with Gasteiger partial charge in [0.2, 0.25) is 0 Å². The Hall–Kier alpha value is -0.0800. The van der Waals surface area contributed by atoms with E-state index in [2.05, 4.69) is 13.8 Å². The molecule has 0 aliphatic carbocycles. The van der Waals surface area contributed by atoms with Crippen LogP contribution in [0.3, 0.4) is 0 Å². The molecule has 2 nitrogen and oxygen atoms in total. The van der Waals surface area contributed by atoms with Crippen LogP contribution in [0.25, 0.3) is 0 Å². The number of hydrogen-bond donors (Lipinski definition) is 1. The van der Waals surface area contributed by atoms with Gasteiger partial charge in [-0.2, -0.15) is 0 Å². The van der Waals surface area contributed by atoms with E-state index in [1.807, 2.05) is 0 Å². The minimum Gasteiger partial charge on any atom is -0.374 e. The predicted octanol–water partition coefficient (Wildman–Crippen LogP) is 1.29. The van der Waals surface area contributed by atoms with Gasteiger partial charge >= 0.3 is 0 Å². The minimum absolute atomic E-state index is 0.0191. The summed E-state index contributed by atoms with van der Waals surface area (Å²) in [6.07, 6.45) is 3.31. The van der Waals surface area contributed by atoms with Crippen LogP contribution in [0.4, 0.5) is 0 Å². The first-order chi connectivity index (χ1) is 4.69. The molecule has 2 heteroatoms. The van der Waals surface area contributed by atoms with Crippen LogP contribution in [0.15, 0.2) is 0 Å². The van der Waals surface area contributed by atoms with Crippen molar-refractivity contribution in [2.24, 2.45) is 5.73 Å². The SMILES string of the molecule is CC[C@@H](N)C1(C)CCCO1. The van der Waals surface area contributed by atoms with Crippen LogP contribution in [0, 0.1) is 0 Å². The molecule has 0 aromatic rings. The highest BCUT2D eigenvalue weighted by Crippen LogP contribution is 2.28. The van der Waals surface area contributed by atoms with Gasteiger partial charge in [-0.25, -0.2) is 0 Å². The molecule has 2 N–H and O–H groups in total. The average Bonchev–Trinajstić information content (AvgIpc) is 2.36. The fourth-order valence-corrected chi connectivity index (χ4v) is 1.52. The third-order valence-corrected chi connectivity index (χ3v) is 2.47. The van der Waals surface area contributed by atoms with Crippen LogP contribution in [-0.4, -0.2) is 18.2 Å². The van der Waals surface area contributed by atoms with Crippen molar-refractivity contribution in [3.63, 3.8) is 0 Å². The van der Waals surface area contributed by atoms with E-state index in [4.69, 9.17) is 10.5 Å². The molecule has 1 aliphatic rings. The highest BCUT2D eigenvalue weighted by atomic mass is 16.5. The molecule has 1 unspecified atom stereocenters. The standard InChI is InChI=1S/C8H17NO/c1-3-7(9)8(2)5-4-6-10-8/h7H,3-6,9H2,1-2H3/t7-,8?/m1/s1. The van der Waals surface area contributed by atoms with Gasteiger partial charge in [0.1, 0.15) is 0 Å². The third-order valence-electron chi connectivity index (χ3n) is 2.47. The monoisotopic (exact) mass is 143 g/mol. The average molecular weight is 143 g/mol. The lowest BCUT2D eigenvalue weighted by Crippen LogP contribution is -2.44. The molecule has 60 valence electrons. The summed E-state index contributed by atoms with van der Waals surface area (Å²) < 4.78 is 5.57. The highest BCUT2D eigenvalue weighted by Gasteiger charge is 2.34. The maximum Gasteiger partial charge on any atom is 0.0805 e. The molecule has 1 rings (SSSR count). The van der Waals surface area contributed by atoms with Gasteiger partial charge < -0.3 is 10.5 Å². The second-order valence-corrected chi connectivity index (χ2v) is 3.28. The smallest absolute Gasteiger partial charge is 0.0805 e. The zero-order valence-electron chi connectivity index (χ0n) is 6.89. The van der Waals surface area contributed by atoms with Crippen LogP contribution in [0.2, 0.25) is 0 Å². The van der Waals surface area contributed by atoms with Crippen molar-refractivity contribution in [3.8, 4) is 0 Å². The molecule has 0 aromatic heterocycles. The van der Waals surface area contributed by atoms with Crippen molar-refractivity contribution in [2.45, 2.75) is 44.8 Å². The molecular weight excluding hydrogens is 126 g/mol. The number of ether oxygens (including phenoxy) is 1. The predicted molar refractivity (Wildman–Crippen MR) is 41.9 cm³/mol. The van der Waals surface area contributed by atoms with E-state index in [-0.39, 0.29) is 11.6 Å². The van der Waals surface area contributed by atoms with E-state index in [1.54, 1.807) is 0 Å². The summed E-state index contributed by atoms with van der Waals surface area (Å²) in [7, 11) is 0. The fraction of sp³-hybridized carbons (Fsp3) is 1.00. The topological polar surface area (TPSA) is 35.2 Å². The normalized spacial score (nSPS) is 36.3. The van der Waals surface area contributed by atoms with Crippen molar-refractivity contribution in [3.05, 3.63) is 0 Å². The largest absolute Gasteiger partial charge is 0.374 e. The molecule has 0 spiro atoms. The van der Waals surface area contributed by atoms with Crippen molar-refractivity contribution in [1.29, 1.82) is 0 Å². The van der Waals surface area contributed by atoms with Gasteiger partial charge in [0, 0.05) is 12.6 Å². The Balaban J connectivity index is 2.49. The first kappa shape index (κ1) is 8.02. The number of nitrogens with two attached hydrogens (primary N) is 1. The summed E-state index contributed by atoms with van der Waals surface area (Å²) in [5, 5.41) is 0. The highest BCUT2D eigenvalue weighted by molar-refractivity contribution is 4.89.